The molecule has 0 radical (unpaired) electrons. The van der Waals surface area contributed by atoms with Crippen molar-refractivity contribution in [2.45, 2.75) is 32.1 Å². The molecule has 54 heavy (non-hydrogen) atoms. The number of fused-ring (bicyclic) bond motifs is 12. The van der Waals surface area contributed by atoms with Gasteiger partial charge in [0.2, 0.25) is 5.95 Å². The van der Waals surface area contributed by atoms with Gasteiger partial charge in [-0.25, -0.2) is 4.98 Å². The second-order valence-electron chi connectivity index (χ2n) is 15.1. The Kier molecular flexibility index (Phi) is 6.05. The summed E-state index contributed by atoms with van der Waals surface area (Å²) >= 11 is 1.83. The molecule has 6 aromatic carbocycles. The van der Waals surface area contributed by atoms with Crippen LogP contribution in [0.4, 0.5) is 0 Å². The molecule has 0 aliphatic heterocycles. The van der Waals surface area contributed by atoms with E-state index in [4.69, 9.17) is 19.4 Å². The van der Waals surface area contributed by atoms with Crippen molar-refractivity contribution >= 4 is 71.2 Å². The fourth-order valence-electron chi connectivity index (χ4n) is 9.13. The van der Waals surface area contributed by atoms with Gasteiger partial charge in [-0.2, -0.15) is 9.97 Å². The van der Waals surface area contributed by atoms with Gasteiger partial charge in [0.25, 0.3) is 0 Å². The number of aromatic nitrogens is 4. The first-order valence-corrected chi connectivity index (χ1v) is 19.4. The lowest BCUT2D eigenvalue weighted by molar-refractivity contribution is 0.661. The number of nitrogens with zero attached hydrogens (tertiary/aromatic N) is 4. The minimum absolute atomic E-state index is 0.111. The van der Waals surface area contributed by atoms with Crippen LogP contribution in [0, 0.1) is 0 Å². The van der Waals surface area contributed by atoms with Gasteiger partial charge in [0.15, 0.2) is 11.6 Å². The molecule has 10 aromatic rings. The molecule has 0 bridgehead atoms. The highest BCUT2D eigenvalue weighted by Crippen LogP contribution is 2.51. The average molecular weight is 713 g/mol. The van der Waals surface area contributed by atoms with E-state index in [1.54, 1.807) is 0 Å². The summed E-state index contributed by atoms with van der Waals surface area (Å²) in [5, 5.41) is 5.83. The van der Waals surface area contributed by atoms with Gasteiger partial charge >= 0.3 is 0 Å². The fraction of sp³-hybridized carbons (Fsp3) is 0.104. The molecular formula is C48H32N4OS. The molecule has 4 aromatic heterocycles. The van der Waals surface area contributed by atoms with Crippen LogP contribution >= 0.6 is 11.3 Å². The quantitative estimate of drug-likeness (QED) is 0.183. The number of hydrogen-bond donors (Lipinski definition) is 0. The molecule has 5 nitrogen and oxygen atoms in total. The van der Waals surface area contributed by atoms with Gasteiger partial charge in [0, 0.05) is 47.7 Å². The Labute approximate surface area is 314 Å². The lowest BCUT2D eigenvalue weighted by atomic mass is 9.82. The Bertz CT molecular complexity index is 3270. The van der Waals surface area contributed by atoms with Crippen LogP contribution < -0.4 is 0 Å². The Morgan fingerprint density at radius 1 is 0.611 bits per heavy atom. The van der Waals surface area contributed by atoms with Gasteiger partial charge in [0.05, 0.1) is 11.0 Å². The lowest BCUT2D eigenvalue weighted by Gasteiger charge is -2.21. The first-order valence-electron chi connectivity index (χ1n) is 18.6. The minimum atomic E-state index is -0.111. The third kappa shape index (κ3) is 4.11. The monoisotopic (exact) mass is 712 g/mol. The fourth-order valence-corrected chi connectivity index (χ4v) is 10.4. The lowest BCUT2D eigenvalue weighted by Crippen LogP contribution is -2.14. The number of allylic oxidation sites excluding steroid dienone is 1. The summed E-state index contributed by atoms with van der Waals surface area (Å²) in [6.07, 6.45) is 6.66. The number of hydrogen-bond acceptors (Lipinski definition) is 5. The molecule has 0 amide bonds. The van der Waals surface area contributed by atoms with Crippen LogP contribution in [0.25, 0.3) is 99.8 Å². The summed E-state index contributed by atoms with van der Waals surface area (Å²) < 4.78 is 9.82. The Morgan fingerprint density at radius 2 is 1.39 bits per heavy atom. The van der Waals surface area contributed by atoms with Crippen LogP contribution in [0.2, 0.25) is 0 Å². The topological polar surface area (TPSA) is 56.7 Å². The van der Waals surface area contributed by atoms with E-state index in [1.807, 2.05) is 23.5 Å². The van der Waals surface area contributed by atoms with Crippen molar-refractivity contribution in [1.82, 2.24) is 19.5 Å². The minimum Gasteiger partial charge on any atom is -0.456 e. The first kappa shape index (κ1) is 30.1. The standard InChI is InChI=1S/C48H32N4OS/c1-48(2)37-18-7-3-12-28(37)35-26-40-36(25-38(35)48)29-13-4-8-19-39(29)52(40)47-50-45(27-22-23-31-30-14-5-9-20-41(30)53-42(31)24-27)49-46(51-47)34-17-11-16-33-32-15-6-10-21-43(32)54-44(33)34/h3-5,7-14,16-26H,6,15H2,1-2H3. The maximum Gasteiger partial charge on any atom is 0.238 e. The summed E-state index contributed by atoms with van der Waals surface area (Å²) in [4.78, 5) is 17.3. The van der Waals surface area contributed by atoms with Crippen molar-refractivity contribution < 1.29 is 4.42 Å². The summed E-state index contributed by atoms with van der Waals surface area (Å²) in [7, 11) is 0. The highest BCUT2D eigenvalue weighted by atomic mass is 32.1. The van der Waals surface area contributed by atoms with Gasteiger partial charge in [-0.05, 0) is 94.6 Å². The smallest absolute Gasteiger partial charge is 0.238 e. The second-order valence-corrected chi connectivity index (χ2v) is 16.2. The molecule has 2 aliphatic rings. The predicted octanol–water partition coefficient (Wildman–Crippen LogP) is 12.7. The van der Waals surface area contributed by atoms with Crippen molar-refractivity contribution in [1.29, 1.82) is 0 Å². The molecule has 2 aliphatic carbocycles. The van der Waals surface area contributed by atoms with Crippen LogP contribution in [0.5, 0.6) is 0 Å². The Hall–Kier alpha value is -6.37. The van der Waals surface area contributed by atoms with Crippen LogP contribution in [-0.4, -0.2) is 19.5 Å². The van der Waals surface area contributed by atoms with E-state index in [-0.39, 0.29) is 5.41 Å². The number of aryl methyl sites for hydroxylation is 1. The molecule has 0 atom stereocenters. The maximum atomic E-state index is 6.36. The highest BCUT2D eigenvalue weighted by Gasteiger charge is 2.36. The summed E-state index contributed by atoms with van der Waals surface area (Å²) in [5.41, 5.74) is 12.3. The molecular weight excluding hydrogens is 681 g/mol. The third-order valence-corrected chi connectivity index (χ3v) is 13.0. The zero-order valence-electron chi connectivity index (χ0n) is 29.7. The molecule has 0 fully saturated rings. The molecule has 0 N–H and O–H groups in total. The molecule has 0 unspecified atom stereocenters. The van der Waals surface area contributed by atoms with Gasteiger partial charge in [-0.15, -0.1) is 11.3 Å². The number of furan rings is 1. The summed E-state index contributed by atoms with van der Waals surface area (Å²) in [6, 6.07) is 43.3. The zero-order valence-corrected chi connectivity index (χ0v) is 30.5. The van der Waals surface area contributed by atoms with E-state index in [2.05, 4.69) is 140 Å². The molecule has 256 valence electrons. The molecule has 0 saturated heterocycles. The van der Waals surface area contributed by atoms with Gasteiger partial charge in [0.1, 0.15) is 11.2 Å². The first-order chi connectivity index (χ1) is 26.5. The molecule has 6 heteroatoms. The van der Waals surface area contributed by atoms with Crippen molar-refractivity contribution in [3.05, 3.63) is 149 Å². The third-order valence-electron chi connectivity index (χ3n) is 11.8. The van der Waals surface area contributed by atoms with Crippen molar-refractivity contribution in [3.8, 4) is 39.9 Å². The summed E-state index contributed by atoms with van der Waals surface area (Å²) in [5.74, 6) is 1.86. The SMILES string of the molecule is CC1(C)c2ccccc2-c2cc3c(cc21)c1ccccc1n3-c1nc(-c2ccc3c(c2)oc2ccccc23)nc(-c2cccc3c4c(sc23)C=CCC4)n1. The van der Waals surface area contributed by atoms with E-state index >= 15 is 0 Å². The van der Waals surface area contributed by atoms with Crippen LogP contribution in [-0.2, 0) is 11.8 Å². The van der Waals surface area contributed by atoms with Gasteiger partial charge in [-0.1, -0.05) is 98.8 Å². The molecule has 4 heterocycles. The summed E-state index contributed by atoms with van der Waals surface area (Å²) in [6.45, 7) is 4.68. The van der Waals surface area contributed by atoms with E-state index in [1.165, 1.54) is 53.6 Å². The van der Waals surface area contributed by atoms with Crippen LogP contribution in [0.1, 0.15) is 41.8 Å². The second kappa shape index (κ2) is 10.8. The van der Waals surface area contributed by atoms with Crippen molar-refractivity contribution in [2.24, 2.45) is 0 Å². The largest absolute Gasteiger partial charge is 0.456 e. The Balaban J connectivity index is 1.16. The number of para-hydroxylation sites is 2. The van der Waals surface area contributed by atoms with Crippen LogP contribution in [0.3, 0.4) is 0 Å². The van der Waals surface area contributed by atoms with E-state index in [0.717, 1.165) is 56.9 Å². The normalized spacial score (nSPS) is 14.4. The Morgan fingerprint density at radius 3 is 2.33 bits per heavy atom. The molecule has 0 saturated carbocycles. The predicted molar refractivity (Wildman–Crippen MR) is 223 cm³/mol. The van der Waals surface area contributed by atoms with Gasteiger partial charge in [-0.3, -0.25) is 4.57 Å². The van der Waals surface area contributed by atoms with Crippen LogP contribution in [0.15, 0.2) is 132 Å². The number of rotatable bonds is 3. The zero-order chi connectivity index (χ0) is 35.7. The number of benzene rings is 6. The van der Waals surface area contributed by atoms with Crippen molar-refractivity contribution in [3.63, 3.8) is 0 Å². The number of thiophene rings is 1. The maximum absolute atomic E-state index is 6.36. The molecule has 12 rings (SSSR count). The molecule has 0 spiro atoms. The van der Waals surface area contributed by atoms with E-state index in [0.29, 0.717) is 17.6 Å². The van der Waals surface area contributed by atoms with Gasteiger partial charge < -0.3 is 4.42 Å². The van der Waals surface area contributed by atoms with E-state index < -0.39 is 0 Å². The average Bonchev–Trinajstić information content (AvgIpc) is 3.93. The van der Waals surface area contributed by atoms with E-state index in [9.17, 15) is 0 Å². The van der Waals surface area contributed by atoms with Crippen molar-refractivity contribution in [2.75, 3.05) is 0 Å². The highest BCUT2D eigenvalue weighted by molar-refractivity contribution is 7.20.